The Kier molecular flexibility index (Phi) is 5.85. The molecular formula is C24H22N4O4. The number of non-ortho nitro benzene ring substituents is 1. The molecule has 162 valence electrons. The van der Waals surface area contributed by atoms with E-state index in [0.29, 0.717) is 17.9 Å². The van der Waals surface area contributed by atoms with Crippen molar-refractivity contribution in [1.29, 1.82) is 0 Å². The number of aryl methyl sites for hydroxylation is 2. The molecule has 0 unspecified atom stereocenters. The van der Waals surface area contributed by atoms with Crippen LogP contribution in [0.25, 0.3) is 11.0 Å². The Bertz CT molecular complexity index is 1350. The van der Waals surface area contributed by atoms with Crippen LogP contribution >= 0.6 is 0 Å². The van der Waals surface area contributed by atoms with Crippen LogP contribution in [-0.2, 0) is 13.2 Å². The molecule has 2 heterocycles. The van der Waals surface area contributed by atoms with E-state index in [1.165, 1.54) is 22.9 Å². The number of hydrogen-bond donors (Lipinski definition) is 1. The predicted molar refractivity (Wildman–Crippen MR) is 123 cm³/mol. The maximum Gasteiger partial charge on any atom is 0.287 e. The Hall–Kier alpha value is -4.20. The average molecular weight is 430 g/mol. The minimum atomic E-state index is -0.429. The van der Waals surface area contributed by atoms with Gasteiger partial charge in [-0.1, -0.05) is 42.5 Å². The molecule has 0 aliphatic heterocycles. The van der Waals surface area contributed by atoms with Crippen molar-refractivity contribution in [3.05, 3.63) is 110 Å². The van der Waals surface area contributed by atoms with Crippen LogP contribution in [-0.4, -0.2) is 14.6 Å². The number of rotatable bonds is 7. The number of nitro benzene ring substituents is 1. The number of nitrogens with zero attached hydrogens (tertiary/aromatic N) is 3. The third-order valence-electron chi connectivity index (χ3n) is 5.31. The number of nitro groups is 1. The smallest absolute Gasteiger partial charge is 0.287 e. The maximum atomic E-state index is 12.9. The zero-order valence-corrected chi connectivity index (χ0v) is 17.7. The van der Waals surface area contributed by atoms with Gasteiger partial charge in [0.25, 0.3) is 11.2 Å². The molecule has 32 heavy (non-hydrogen) atoms. The highest BCUT2D eigenvalue weighted by Crippen LogP contribution is 2.26. The third-order valence-corrected chi connectivity index (χ3v) is 5.31. The van der Waals surface area contributed by atoms with Crippen molar-refractivity contribution in [3.63, 3.8) is 0 Å². The summed E-state index contributed by atoms with van der Waals surface area (Å²) in [6.45, 7) is 4.46. The lowest BCUT2D eigenvalue weighted by Gasteiger charge is -2.17. The zero-order chi connectivity index (χ0) is 22.7. The molecule has 4 rings (SSSR count). The van der Waals surface area contributed by atoms with Gasteiger partial charge in [0.2, 0.25) is 0 Å². The van der Waals surface area contributed by atoms with Crippen molar-refractivity contribution in [3.8, 4) is 0 Å². The van der Waals surface area contributed by atoms with Crippen LogP contribution in [0.3, 0.4) is 0 Å². The van der Waals surface area contributed by atoms with Crippen LogP contribution in [0.5, 0.6) is 0 Å². The van der Waals surface area contributed by atoms with Gasteiger partial charge in [-0.15, -0.1) is 4.73 Å². The second-order valence-corrected chi connectivity index (χ2v) is 7.50. The molecule has 0 aliphatic rings. The molecule has 8 heteroatoms. The number of aromatic nitrogens is 2. The van der Waals surface area contributed by atoms with Gasteiger partial charge >= 0.3 is 0 Å². The molecule has 2 aromatic carbocycles. The zero-order valence-electron chi connectivity index (χ0n) is 17.7. The first kappa shape index (κ1) is 21.0. The molecule has 8 nitrogen and oxygen atoms in total. The number of benzene rings is 2. The summed E-state index contributed by atoms with van der Waals surface area (Å²) in [4.78, 5) is 33.8. The lowest BCUT2D eigenvalue weighted by Crippen LogP contribution is -2.28. The highest BCUT2D eigenvalue weighted by molar-refractivity contribution is 5.92. The predicted octanol–water partition coefficient (Wildman–Crippen LogP) is 4.16. The molecule has 0 fully saturated rings. The second-order valence-electron chi connectivity index (χ2n) is 7.50. The first-order valence-corrected chi connectivity index (χ1v) is 10.1. The maximum absolute atomic E-state index is 12.9. The number of nitrogens with one attached hydrogen (secondary N) is 1. The Labute approximate surface area is 184 Å². The average Bonchev–Trinajstić information content (AvgIpc) is 2.80. The highest BCUT2D eigenvalue weighted by Gasteiger charge is 2.15. The Balaban J connectivity index is 1.70. The van der Waals surface area contributed by atoms with Crippen LogP contribution in [0.2, 0.25) is 0 Å². The van der Waals surface area contributed by atoms with E-state index in [9.17, 15) is 14.9 Å². The van der Waals surface area contributed by atoms with Crippen LogP contribution in [0.4, 0.5) is 11.4 Å². The van der Waals surface area contributed by atoms with Gasteiger partial charge in [-0.05, 0) is 36.1 Å². The third kappa shape index (κ3) is 4.29. The van der Waals surface area contributed by atoms with E-state index in [-0.39, 0.29) is 17.9 Å². The topological polar surface area (TPSA) is 99.3 Å². The number of hydrogen-bond acceptors (Lipinski definition) is 6. The normalized spacial score (nSPS) is 10.8. The fraction of sp³-hybridized carbons (Fsp3) is 0.167. The number of anilines is 1. The van der Waals surface area contributed by atoms with E-state index in [0.717, 1.165) is 27.6 Å². The summed E-state index contributed by atoms with van der Waals surface area (Å²) < 4.78 is 1.22. The molecule has 0 atom stereocenters. The van der Waals surface area contributed by atoms with Crippen molar-refractivity contribution in [2.75, 3.05) is 5.32 Å². The number of fused-ring (bicyclic) bond motifs is 1. The minimum Gasteiger partial charge on any atom is -0.404 e. The lowest BCUT2D eigenvalue weighted by atomic mass is 10.1. The van der Waals surface area contributed by atoms with Crippen LogP contribution in [0.15, 0.2) is 71.7 Å². The van der Waals surface area contributed by atoms with Gasteiger partial charge in [0, 0.05) is 36.3 Å². The van der Waals surface area contributed by atoms with Crippen molar-refractivity contribution in [1.82, 2.24) is 9.71 Å². The van der Waals surface area contributed by atoms with Gasteiger partial charge in [-0.25, -0.2) is 4.98 Å². The monoisotopic (exact) mass is 430 g/mol. The summed E-state index contributed by atoms with van der Waals surface area (Å²) in [7, 11) is 0. The standard InChI is InChI=1S/C24H22N4O4/c1-16-13-26-24-23(17(16)2)21(25-14-19-9-6-10-20(11-19)28(30)31)12-22(29)27(24)32-15-18-7-4-3-5-8-18/h3-13,25H,14-15H2,1-2H3. The quantitative estimate of drug-likeness (QED) is 0.349. The molecule has 0 amide bonds. The van der Waals surface area contributed by atoms with Crippen LogP contribution in [0, 0.1) is 24.0 Å². The van der Waals surface area contributed by atoms with Crippen molar-refractivity contribution in [2.24, 2.45) is 0 Å². The molecule has 0 saturated heterocycles. The van der Waals surface area contributed by atoms with Gasteiger partial charge in [-0.2, -0.15) is 0 Å². The molecule has 0 spiro atoms. The summed E-state index contributed by atoms with van der Waals surface area (Å²) in [5.74, 6) is 0. The van der Waals surface area contributed by atoms with E-state index in [1.54, 1.807) is 18.3 Å². The van der Waals surface area contributed by atoms with Crippen molar-refractivity contribution in [2.45, 2.75) is 27.0 Å². The van der Waals surface area contributed by atoms with E-state index in [4.69, 9.17) is 4.84 Å². The minimum absolute atomic E-state index is 0.0209. The fourth-order valence-electron chi connectivity index (χ4n) is 3.47. The largest absolute Gasteiger partial charge is 0.404 e. The molecule has 2 aromatic heterocycles. The molecule has 0 saturated carbocycles. The lowest BCUT2D eigenvalue weighted by molar-refractivity contribution is -0.384. The van der Waals surface area contributed by atoms with Gasteiger partial charge in [0.15, 0.2) is 5.65 Å². The highest BCUT2D eigenvalue weighted by atomic mass is 16.7. The Morgan fingerprint density at radius 3 is 2.56 bits per heavy atom. The van der Waals surface area contributed by atoms with Crippen LogP contribution < -0.4 is 15.7 Å². The molecule has 0 bridgehead atoms. The molecule has 0 radical (unpaired) electrons. The molecule has 1 N–H and O–H groups in total. The van der Waals surface area contributed by atoms with Gasteiger partial charge in [-0.3, -0.25) is 14.9 Å². The van der Waals surface area contributed by atoms with E-state index < -0.39 is 4.92 Å². The molecule has 0 aliphatic carbocycles. The fourth-order valence-corrected chi connectivity index (χ4v) is 3.47. The summed E-state index contributed by atoms with van der Waals surface area (Å²) in [5.41, 5.74) is 4.29. The molecule has 4 aromatic rings. The van der Waals surface area contributed by atoms with Gasteiger partial charge in [0.1, 0.15) is 6.61 Å². The van der Waals surface area contributed by atoms with Gasteiger partial charge < -0.3 is 10.2 Å². The second kappa shape index (κ2) is 8.89. The molecular weight excluding hydrogens is 408 g/mol. The van der Waals surface area contributed by atoms with E-state index in [1.807, 2.05) is 44.2 Å². The van der Waals surface area contributed by atoms with Gasteiger partial charge in [0.05, 0.1) is 10.6 Å². The van der Waals surface area contributed by atoms with Crippen molar-refractivity contribution >= 4 is 22.4 Å². The van der Waals surface area contributed by atoms with Crippen LogP contribution in [0.1, 0.15) is 22.3 Å². The summed E-state index contributed by atoms with van der Waals surface area (Å²) in [6, 6.07) is 17.4. The first-order valence-electron chi connectivity index (χ1n) is 10.1. The summed E-state index contributed by atoms with van der Waals surface area (Å²) >= 11 is 0. The van der Waals surface area contributed by atoms with E-state index in [2.05, 4.69) is 10.3 Å². The summed E-state index contributed by atoms with van der Waals surface area (Å²) in [5, 5.41) is 15.1. The van der Waals surface area contributed by atoms with Crippen molar-refractivity contribution < 1.29 is 9.76 Å². The van der Waals surface area contributed by atoms with E-state index >= 15 is 0 Å². The Morgan fingerprint density at radius 1 is 1.06 bits per heavy atom. The SMILES string of the molecule is Cc1cnc2c(c(NCc3cccc([N+](=O)[O-])c3)cc(=O)n2OCc2ccccc2)c1C. The number of pyridine rings is 2. The summed E-state index contributed by atoms with van der Waals surface area (Å²) in [6.07, 6.45) is 1.71. The first-order chi connectivity index (χ1) is 15.4. The Morgan fingerprint density at radius 2 is 1.81 bits per heavy atom.